The minimum absolute atomic E-state index is 0.114. The molecule has 1 fully saturated rings. The van der Waals surface area contributed by atoms with E-state index in [9.17, 15) is 9.59 Å². The van der Waals surface area contributed by atoms with E-state index in [1.54, 1.807) is 17.0 Å². The Bertz CT molecular complexity index is 1090. The Morgan fingerprint density at radius 2 is 1.54 bits per heavy atom. The largest absolute Gasteiger partial charge is 0.490 e. The van der Waals surface area contributed by atoms with Crippen LogP contribution in [-0.4, -0.2) is 61.0 Å². The molecular formula is C27H33N3O5. The molecule has 0 saturated carbocycles. The molecule has 2 aliphatic heterocycles. The zero-order valence-corrected chi connectivity index (χ0v) is 20.8. The maximum absolute atomic E-state index is 13.4. The summed E-state index contributed by atoms with van der Waals surface area (Å²) in [6.45, 7) is 9.96. The van der Waals surface area contributed by atoms with Crippen molar-refractivity contribution in [2.24, 2.45) is 4.99 Å². The van der Waals surface area contributed by atoms with Crippen LogP contribution in [0.3, 0.4) is 0 Å². The number of rotatable bonds is 8. The first-order chi connectivity index (χ1) is 16.9. The molecule has 2 heterocycles. The molecule has 35 heavy (non-hydrogen) atoms. The average Bonchev–Trinajstić information content (AvgIpc) is 3.17. The highest BCUT2D eigenvalue weighted by Gasteiger charge is 2.43. The summed E-state index contributed by atoms with van der Waals surface area (Å²) in [6.07, 6.45) is 1.10. The van der Waals surface area contributed by atoms with Gasteiger partial charge in [-0.25, -0.2) is 0 Å². The number of benzene rings is 2. The quantitative estimate of drug-likeness (QED) is 0.623. The van der Waals surface area contributed by atoms with Crippen LogP contribution in [0.5, 0.6) is 17.2 Å². The fourth-order valence-corrected chi connectivity index (χ4v) is 4.48. The minimum Gasteiger partial charge on any atom is -0.490 e. The molecule has 1 saturated heterocycles. The van der Waals surface area contributed by atoms with Crippen molar-refractivity contribution in [3.05, 3.63) is 53.1 Å². The third kappa shape index (κ3) is 5.11. The topological polar surface area (TPSA) is 89.5 Å². The van der Waals surface area contributed by atoms with Crippen LogP contribution in [-0.2, 0) is 4.79 Å². The Morgan fingerprint density at radius 1 is 0.971 bits per heavy atom. The summed E-state index contributed by atoms with van der Waals surface area (Å²) >= 11 is 0. The summed E-state index contributed by atoms with van der Waals surface area (Å²) in [6, 6.07) is 11.2. The first-order valence-electron chi connectivity index (χ1n) is 12.2. The van der Waals surface area contributed by atoms with E-state index in [0.717, 1.165) is 11.1 Å². The van der Waals surface area contributed by atoms with E-state index in [2.05, 4.69) is 5.32 Å². The van der Waals surface area contributed by atoms with Crippen molar-refractivity contribution in [1.82, 2.24) is 10.2 Å². The van der Waals surface area contributed by atoms with Gasteiger partial charge in [0.1, 0.15) is 11.4 Å². The predicted octanol–water partition coefficient (Wildman–Crippen LogP) is 3.74. The Morgan fingerprint density at radius 3 is 2.09 bits per heavy atom. The predicted molar refractivity (Wildman–Crippen MR) is 134 cm³/mol. The van der Waals surface area contributed by atoms with E-state index in [-0.39, 0.29) is 11.8 Å². The Balaban J connectivity index is 1.52. The van der Waals surface area contributed by atoms with Crippen LogP contribution >= 0.6 is 0 Å². The lowest BCUT2D eigenvalue weighted by Gasteiger charge is -2.37. The molecule has 0 aliphatic carbocycles. The Labute approximate surface area is 206 Å². The second kappa shape index (κ2) is 10.4. The average molecular weight is 480 g/mol. The molecule has 2 aliphatic rings. The molecule has 0 radical (unpaired) electrons. The van der Waals surface area contributed by atoms with E-state index in [1.807, 2.05) is 52.0 Å². The van der Waals surface area contributed by atoms with Gasteiger partial charge < -0.3 is 24.4 Å². The standard InChI is InChI=1S/C27H33N3O5/c1-5-33-21-16-20(17-22(34-6-2)24(21)35-7-3)26(32)30-14-12-27(13-15-30)28-23(25(31)29-27)19-10-8-18(4)9-11-19/h8-11,16-17H,5-7,12-15H2,1-4H3,(H,29,31). The first-order valence-corrected chi connectivity index (χ1v) is 12.2. The third-order valence-corrected chi connectivity index (χ3v) is 6.25. The number of carbonyl (C=O) groups is 2. The number of aryl methyl sites for hydroxylation is 1. The second-order valence-corrected chi connectivity index (χ2v) is 8.71. The van der Waals surface area contributed by atoms with Crippen molar-refractivity contribution in [2.45, 2.75) is 46.2 Å². The van der Waals surface area contributed by atoms with Gasteiger partial charge in [0.05, 0.1) is 19.8 Å². The lowest BCUT2D eigenvalue weighted by molar-refractivity contribution is -0.115. The van der Waals surface area contributed by atoms with Crippen LogP contribution in [0.15, 0.2) is 41.4 Å². The number of nitrogens with one attached hydrogen (secondary N) is 1. The summed E-state index contributed by atoms with van der Waals surface area (Å²) < 4.78 is 17.3. The van der Waals surface area contributed by atoms with Crippen molar-refractivity contribution in [1.29, 1.82) is 0 Å². The summed E-state index contributed by atoms with van der Waals surface area (Å²) in [7, 11) is 0. The number of nitrogens with zero attached hydrogens (tertiary/aromatic N) is 2. The lowest BCUT2D eigenvalue weighted by atomic mass is 9.97. The van der Waals surface area contributed by atoms with Crippen LogP contribution in [0.4, 0.5) is 0 Å². The van der Waals surface area contributed by atoms with Crippen LogP contribution < -0.4 is 19.5 Å². The highest BCUT2D eigenvalue weighted by Crippen LogP contribution is 2.40. The third-order valence-electron chi connectivity index (χ3n) is 6.25. The zero-order valence-electron chi connectivity index (χ0n) is 20.8. The summed E-state index contributed by atoms with van der Waals surface area (Å²) in [5.74, 6) is 1.22. The van der Waals surface area contributed by atoms with Gasteiger partial charge in [-0.3, -0.25) is 14.6 Å². The molecule has 2 amide bonds. The van der Waals surface area contributed by atoms with Gasteiger partial charge in [0.2, 0.25) is 5.75 Å². The normalized spacial score (nSPS) is 16.6. The van der Waals surface area contributed by atoms with E-state index in [1.165, 1.54) is 0 Å². The molecule has 186 valence electrons. The number of carbonyl (C=O) groups excluding carboxylic acids is 2. The van der Waals surface area contributed by atoms with Gasteiger partial charge >= 0.3 is 0 Å². The van der Waals surface area contributed by atoms with Crippen LogP contribution in [0.2, 0.25) is 0 Å². The van der Waals surface area contributed by atoms with Gasteiger partial charge in [-0.1, -0.05) is 29.8 Å². The fraction of sp³-hybridized carbons (Fsp3) is 0.444. The monoisotopic (exact) mass is 479 g/mol. The minimum atomic E-state index is -0.667. The number of piperidine rings is 1. The fourth-order valence-electron chi connectivity index (χ4n) is 4.48. The van der Waals surface area contributed by atoms with Crippen molar-refractivity contribution in [2.75, 3.05) is 32.9 Å². The highest BCUT2D eigenvalue weighted by molar-refractivity contribution is 6.46. The second-order valence-electron chi connectivity index (χ2n) is 8.71. The SMILES string of the molecule is CCOc1cc(C(=O)N2CCC3(CC2)N=C(c2ccc(C)cc2)C(=O)N3)cc(OCC)c1OCC. The summed E-state index contributed by atoms with van der Waals surface area (Å²) in [5.41, 5.74) is 2.21. The number of aliphatic imine (C=N–C) groups is 1. The Kier molecular flexibility index (Phi) is 7.28. The van der Waals surface area contributed by atoms with Gasteiger partial charge in [-0.05, 0) is 39.8 Å². The smallest absolute Gasteiger partial charge is 0.272 e. The van der Waals surface area contributed by atoms with Crippen LogP contribution in [0.25, 0.3) is 0 Å². The number of amides is 2. The zero-order chi connectivity index (χ0) is 25.0. The molecular weight excluding hydrogens is 446 g/mol. The van der Waals surface area contributed by atoms with Gasteiger partial charge in [0, 0.05) is 37.1 Å². The molecule has 0 bridgehead atoms. The van der Waals surface area contributed by atoms with Crippen LogP contribution in [0, 0.1) is 6.92 Å². The first kappa shape index (κ1) is 24.6. The molecule has 0 aromatic heterocycles. The molecule has 0 atom stereocenters. The molecule has 8 nitrogen and oxygen atoms in total. The van der Waals surface area contributed by atoms with Gasteiger partial charge in [0.15, 0.2) is 11.5 Å². The van der Waals surface area contributed by atoms with E-state index < -0.39 is 5.66 Å². The van der Waals surface area contributed by atoms with Crippen molar-refractivity contribution in [3.63, 3.8) is 0 Å². The maximum atomic E-state index is 13.4. The maximum Gasteiger partial charge on any atom is 0.272 e. The molecule has 4 rings (SSSR count). The highest BCUT2D eigenvalue weighted by atomic mass is 16.5. The lowest BCUT2D eigenvalue weighted by Crippen LogP contribution is -2.52. The van der Waals surface area contributed by atoms with E-state index >= 15 is 0 Å². The number of hydrogen-bond donors (Lipinski definition) is 1. The number of ether oxygens (including phenoxy) is 3. The molecule has 2 aromatic rings. The van der Waals surface area contributed by atoms with Crippen molar-refractivity contribution >= 4 is 17.5 Å². The van der Waals surface area contributed by atoms with Gasteiger partial charge in [-0.15, -0.1) is 0 Å². The summed E-state index contributed by atoms with van der Waals surface area (Å²) in [5, 5.41) is 3.07. The van der Waals surface area contributed by atoms with Crippen molar-refractivity contribution in [3.8, 4) is 17.2 Å². The van der Waals surface area contributed by atoms with Crippen molar-refractivity contribution < 1.29 is 23.8 Å². The Hall–Kier alpha value is -3.55. The number of hydrogen-bond acceptors (Lipinski definition) is 6. The summed E-state index contributed by atoms with van der Waals surface area (Å²) in [4.78, 5) is 32.7. The van der Waals surface area contributed by atoms with Gasteiger partial charge in [-0.2, -0.15) is 0 Å². The van der Waals surface area contributed by atoms with Crippen LogP contribution in [0.1, 0.15) is 55.1 Å². The molecule has 1 spiro atoms. The molecule has 1 N–H and O–H groups in total. The molecule has 0 unspecified atom stereocenters. The van der Waals surface area contributed by atoms with E-state index in [0.29, 0.717) is 74.3 Å². The molecule has 2 aromatic carbocycles. The van der Waals surface area contributed by atoms with E-state index in [4.69, 9.17) is 19.2 Å². The number of likely N-dealkylation sites (tertiary alicyclic amines) is 1. The molecule has 8 heteroatoms. The van der Waals surface area contributed by atoms with Gasteiger partial charge in [0.25, 0.3) is 11.8 Å².